The van der Waals surface area contributed by atoms with E-state index in [1.165, 1.54) is 24.8 Å². The van der Waals surface area contributed by atoms with Gasteiger partial charge in [-0.1, -0.05) is 44.0 Å². The van der Waals surface area contributed by atoms with Crippen molar-refractivity contribution >= 4 is 29.9 Å². The van der Waals surface area contributed by atoms with Gasteiger partial charge in [-0.05, 0) is 30.5 Å². The van der Waals surface area contributed by atoms with E-state index in [0.717, 1.165) is 43.3 Å². The number of aryl methyl sites for hydroxylation is 1. The molecule has 2 N–H and O–H groups in total. The molecule has 144 valence electrons. The number of benzene rings is 1. The summed E-state index contributed by atoms with van der Waals surface area (Å²) >= 11 is 0. The third kappa shape index (κ3) is 7.31. The lowest BCUT2D eigenvalue weighted by atomic mass is 10.1. The molecule has 1 heterocycles. The zero-order valence-corrected chi connectivity index (χ0v) is 18.2. The molecule has 0 unspecified atom stereocenters. The number of nitrogens with one attached hydrogen (secondary N) is 2. The molecule has 0 fully saturated rings. The smallest absolute Gasteiger partial charge is 0.257 e. The van der Waals surface area contributed by atoms with E-state index in [1.54, 1.807) is 7.05 Å². The lowest BCUT2D eigenvalue weighted by molar-refractivity contribution is 0.423. The van der Waals surface area contributed by atoms with E-state index in [0.29, 0.717) is 5.89 Å². The van der Waals surface area contributed by atoms with Crippen LogP contribution in [-0.2, 0) is 12.8 Å². The first-order valence-electron chi connectivity index (χ1n) is 9.13. The summed E-state index contributed by atoms with van der Waals surface area (Å²) in [6, 6.07) is 8.26. The van der Waals surface area contributed by atoms with Crippen LogP contribution in [0.2, 0.25) is 0 Å². The minimum Gasteiger partial charge on any atom is -0.356 e. The molecule has 1 aromatic carbocycles. The molecule has 0 amide bonds. The molecule has 1 aromatic heterocycles. The molecule has 0 aliphatic heterocycles. The molecule has 0 bridgehead atoms. The molecular weight excluding hydrogens is 441 g/mol. The predicted molar refractivity (Wildman–Crippen MR) is 117 cm³/mol. The van der Waals surface area contributed by atoms with Gasteiger partial charge in [0.2, 0.25) is 0 Å². The van der Waals surface area contributed by atoms with Crippen LogP contribution in [0.4, 0.5) is 0 Å². The van der Waals surface area contributed by atoms with Crippen LogP contribution in [0.1, 0.15) is 44.5 Å². The van der Waals surface area contributed by atoms with Crippen molar-refractivity contribution in [3.05, 3.63) is 35.7 Å². The second-order valence-electron chi connectivity index (χ2n) is 5.95. The molecule has 0 aliphatic carbocycles. The zero-order chi connectivity index (χ0) is 17.9. The van der Waals surface area contributed by atoms with Gasteiger partial charge >= 0.3 is 0 Å². The Morgan fingerprint density at radius 2 is 1.81 bits per heavy atom. The standard InChI is InChI=1S/C19H29N5O.HI/c1-4-6-7-13-21-19(20-3)22-14-12-15-8-10-16(11-9-15)18-23-17(5-2)24-25-18;/h8-11H,4-7,12-14H2,1-3H3,(H2,20,21,22);1H. The number of guanidine groups is 1. The summed E-state index contributed by atoms with van der Waals surface area (Å²) in [6.45, 7) is 6.02. The maximum absolute atomic E-state index is 5.27. The Bertz CT molecular complexity index is 654. The van der Waals surface area contributed by atoms with Crippen molar-refractivity contribution < 1.29 is 4.52 Å². The van der Waals surface area contributed by atoms with Crippen molar-refractivity contribution in [2.45, 2.75) is 46.0 Å². The van der Waals surface area contributed by atoms with Crippen LogP contribution in [0.3, 0.4) is 0 Å². The van der Waals surface area contributed by atoms with Crippen molar-refractivity contribution in [2.24, 2.45) is 4.99 Å². The van der Waals surface area contributed by atoms with Gasteiger partial charge in [0.25, 0.3) is 5.89 Å². The van der Waals surface area contributed by atoms with E-state index < -0.39 is 0 Å². The Hall–Kier alpha value is -1.64. The molecule has 0 spiro atoms. The van der Waals surface area contributed by atoms with Crippen LogP contribution >= 0.6 is 24.0 Å². The van der Waals surface area contributed by atoms with Crippen molar-refractivity contribution in [1.29, 1.82) is 0 Å². The summed E-state index contributed by atoms with van der Waals surface area (Å²) in [7, 11) is 1.80. The van der Waals surface area contributed by atoms with E-state index in [2.05, 4.69) is 44.8 Å². The van der Waals surface area contributed by atoms with Gasteiger partial charge in [-0.3, -0.25) is 4.99 Å². The van der Waals surface area contributed by atoms with Crippen molar-refractivity contribution in [2.75, 3.05) is 20.1 Å². The van der Waals surface area contributed by atoms with Gasteiger partial charge in [-0.15, -0.1) is 24.0 Å². The van der Waals surface area contributed by atoms with Crippen molar-refractivity contribution in [1.82, 2.24) is 20.8 Å². The quantitative estimate of drug-likeness (QED) is 0.252. The zero-order valence-electron chi connectivity index (χ0n) is 15.9. The topological polar surface area (TPSA) is 75.3 Å². The van der Waals surface area contributed by atoms with Gasteiger partial charge < -0.3 is 15.2 Å². The number of aliphatic imine (C=N–C) groups is 1. The molecule has 0 atom stereocenters. The van der Waals surface area contributed by atoms with Crippen LogP contribution in [0, 0.1) is 0 Å². The molecule has 7 heteroatoms. The number of unbranched alkanes of at least 4 members (excludes halogenated alkanes) is 2. The Morgan fingerprint density at radius 1 is 1.08 bits per heavy atom. The maximum Gasteiger partial charge on any atom is 0.257 e. The number of halogens is 1. The fourth-order valence-corrected chi connectivity index (χ4v) is 2.46. The van der Waals surface area contributed by atoms with Gasteiger partial charge in [0, 0.05) is 32.1 Å². The van der Waals surface area contributed by atoms with E-state index in [-0.39, 0.29) is 24.0 Å². The summed E-state index contributed by atoms with van der Waals surface area (Å²) in [4.78, 5) is 8.60. The highest BCUT2D eigenvalue weighted by Gasteiger charge is 2.07. The van der Waals surface area contributed by atoms with E-state index in [9.17, 15) is 0 Å². The number of hydrogen-bond acceptors (Lipinski definition) is 4. The number of hydrogen-bond donors (Lipinski definition) is 2. The minimum atomic E-state index is 0. The number of aromatic nitrogens is 2. The average Bonchev–Trinajstić information content (AvgIpc) is 3.13. The Labute approximate surface area is 173 Å². The third-order valence-corrected chi connectivity index (χ3v) is 3.99. The Morgan fingerprint density at radius 3 is 2.42 bits per heavy atom. The van der Waals surface area contributed by atoms with Crippen LogP contribution in [0.15, 0.2) is 33.8 Å². The summed E-state index contributed by atoms with van der Waals surface area (Å²) in [5, 5.41) is 10.6. The van der Waals surface area contributed by atoms with Gasteiger partial charge in [-0.25, -0.2) is 0 Å². The summed E-state index contributed by atoms with van der Waals surface area (Å²) < 4.78 is 5.27. The molecule has 26 heavy (non-hydrogen) atoms. The normalized spacial score (nSPS) is 11.1. The lowest BCUT2D eigenvalue weighted by Gasteiger charge is -2.11. The van der Waals surface area contributed by atoms with E-state index in [4.69, 9.17) is 4.52 Å². The number of rotatable bonds is 9. The molecule has 2 aromatic rings. The third-order valence-electron chi connectivity index (χ3n) is 3.99. The minimum absolute atomic E-state index is 0. The highest BCUT2D eigenvalue weighted by Crippen LogP contribution is 2.18. The molecule has 0 aliphatic rings. The molecular formula is C19H30IN5O. The van der Waals surface area contributed by atoms with Crippen LogP contribution in [0.5, 0.6) is 0 Å². The number of nitrogens with zero attached hydrogens (tertiary/aromatic N) is 3. The Kier molecular flexibility index (Phi) is 10.9. The predicted octanol–water partition coefficient (Wildman–Crippen LogP) is 3.81. The highest BCUT2D eigenvalue weighted by molar-refractivity contribution is 14.0. The first kappa shape index (κ1) is 22.4. The molecule has 2 rings (SSSR count). The molecule has 0 radical (unpaired) electrons. The Balaban J connectivity index is 0.00000338. The molecule has 6 nitrogen and oxygen atoms in total. The fraction of sp³-hybridized carbons (Fsp3) is 0.526. The van der Waals surface area contributed by atoms with Crippen LogP contribution in [-0.4, -0.2) is 36.2 Å². The summed E-state index contributed by atoms with van der Waals surface area (Å²) in [5.41, 5.74) is 2.21. The van der Waals surface area contributed by atoms with Crippen molar-refractivity contribution in [3.8, 4) is 11.5 Å². The first-order chi connectivity index (χ1) is 12.3. The first-order valence-corrected chi connectivity index (χ1v) is 9.13. The van der Waals surface area contributed by atoms with Gasteiger partial charge in [0.05, 0.1) is 0 Å². The van der Waals surface area contributed by atoms with Gasteiger partial charge in [0.15, 0.2) is 11.8 Å². The summed E-state index contributed by atoms with van der Waals surface area (Å²) in [5.74, 6) is 2.19. The highest BCUT2D eigenvalue weighted by atomic mass is 127. The van der Waals surface area contributed by atoms with Gasteiger partial charge in [0.1, 0.15) is 0 Å². The van der Waals surface area contributed by atoms with E-state index in [1.807, 2.05) is 19.1 Å². The van der Waals surface area contributed by atoms with E-state index >= 15 is 0 Å². The maximum atomic E-state index is 5.27. The molecule has 0 saturated carbocycles. The second-order valence-corrected chi connectivity index (χ2v) is 5.95. The lowest BCUT2D eigenvalue weighted by Crippen LogP contribution is -2.38. The van der Waals surface area contributed by atoms with Crippen LogP contribution in [0.25, 0.3) is 11.5 Å². The van der Waals surface area contributed by atoms with Crippen molar-refractivity contribution in [3.63, 3.8) is 0 Å². The van der Waals surface area contributed by atoms with Crippen LogP contribution < -0.4 is 10.6 Å². The monoisotopic (exact) mass is 471 g/mol. The summed E-state index contributed by atoms with van der Waals surface area (Å²) in [6.07, 6.45) is 5.36. The van der Waals surface area contributed by atoms with Gasteiger partial charge in [-0.2, -0.15) is 4.98 Å². The SMILES string of the molecule is CCCCCNC(=NC)NCCc1ccc(-c2nc(CC)no2)cc1.I. The molecule has 0 saturated heterocycles. The largest absolute Gasteiger partial charge is 0.356 e. The second kappa shape index (κ2) is 12.7. The fourth-order valence-electron chi connectivity index (χ4n) is 2.46. The average molecular weight is 471 g/mol.